The molecule has 0 radical (unpaired) electrons. The molecule has 0 aliphatic rings. The molecule has 29 heavy (non-hydrogen) atoms. The number of hydrogen-bond donors (Lipinski definition) is 0. The van der Waals surface area contributed by atoms with Crippen LogP contribution in [0.5, 0.6) is 17.2 Å². The van der Waals surface area contributed by atoms with E-state index in [1.807, 2.05) is 12.1 Å². The number of carbonyl (C=O) groups excluding carboxylic acids is 1. The average molecular weight is 396 g/mol. The van der Waals surface area contributed by atoms with Gasteiger partial charge in [-0.1, -0.05) is 5.16 Å². The first-order valence-corrected chi connectivity index (χ1v) is 8.67. The largest absolute Gasteiger partial charge is 0.497 e. The summed E-state index contributed by atoms with van der Waals surface area (Å²) in [5.41, 5.74) is 1.44. The normalized spacial score (nSPS) is 10.7. The van der Waals surface area contributed by atoms with E-state index in [0.717, 1.165) is 11.3 Å². The zero-order valence-corrected chi connectivity index (χ0v) is 16.2. The van der Waals surface area contributed by atoms with E-state index < -0.39 is 5.97 Å². The summed E-state index contributed by atoms with van der Waals surface area (Å²) >= 11 is 0. The maximum atomic E-state index is 12.0. The van der Waals surface area contributed by atoms with E-state index in [-0.39, 0.29) is 12.5 Å². The molecule has 0 aliphatic carbocycles. The minimum Gasteiger partial charge on any atom is -0.497 e. The number of ether oxygens (including phenoxy) is 4. The highest BCUT2D eigenvalue weighted by atomic mass is 16.6. The smallest absolute Gasteiger partial charge is 0.331 e. The first kappa shape index (κ1) is 19.9. The van der Waals surface area contributed by atoms with Gasteiger partial charge in [0.05, 0.1) is 21.3 Å². The number of esters is 1. The molecule has 0 unspecified atom stereocenters. The fourth-order valence-corrected chi connectivity index (χ4v) is 2.48. The molecule has 3 aromatic rings. The first-order chi connectivity index (χ1) is 14.1. The van der Waals surface area contributed by atoms with Crippen molar-refractivity contribution in [3.05, 3.63) is 60.0 Å². The van der Waals surface area contributed by atoms with Crippen LogP contribution in [0.4, 0.5) is 0 Å². The molecule has 3 rings (SSSR count). The number of aromatic nitrogens is 2. The van der Waals surface area contributed by atoms with Gasteiger partial charge in [-0.25, -0.2) is 4.79 Å². The van der Waals surface area contributed by atoms with Crippen molar-refractivity contribution in [1.82, 2.24) is 10.1 Å². The minimum atomic E-state index is -0.556. The Morgan fingerprint density at radius 3 is 2.41 bits per heavy atom. The van der Waals surface area contributed by atoms with Crippen molar-refractivity contribution in [2.45, 2.75) is 6.61 Å². The summed E-state index contributed by atoms with van der Waals surface area (Å²) < 4.78 is 25.8. The molecule has 0 N–H and O–H groups in total. The molecular weight excluding hydrogens is 376 g/mol. The highest BCUT2D eigenvalue weighted by Gasteiger charge is 2.11. The topological polar surface area (TPSA) is 92.9 Å². The molecule has 0 fully saturated rings. The quantitative estimate of drug-likeness (QED) is 0.422. The zero-order chi connectivity index (χ0) is 20.6. The van der Waals surface area contributed by atoms with Crippen LogP contribution in [0.15, 0.2) is 53.1 Å². The van der Waals surface area contributed by atoms with Crippen molar-refractivity contribution < 1.29 is 28.3 Å². The predicted molar refractivity (Wildman–Crippen MR) is 105 cm³/mol. The summed E-state index contributed by atoms with van der Waals surface area (Å²) in [4.78, 5) is 16.2. The molecule has 0 saturated carbocycles. The Morgan fingerprint density at radius 2 is 1.72 bits per heavy atom. The van der Waals surface area contributed by atoms with Gasteiger partial charge in [0, 0.05) is 17.2 Å². The summed E-state index contributed by atoms with van der Waals surface area (Å²) in [5.74, 6) is 2.02. The van der Waals surface area contributed by atoms with E-state index in [1.54, 1.807) is 57.7 Å². The number of carbonyl (C=O) groups is 1. The molecule has 0 spiro atoms. The van der Waals surface area contributed by atoms with Gasteiger partial charge in [0.2, 0.25) is 5.82 Å². The van der Waals surface area contributed by atoms with Crippen LogP contribution in [-0.4, -0.2) is 37.4 Å². The highest BCUT2D eigenvalue weighted by Crippen LogP contribution is 2.25. The lowest BCUT2D eigenvalue weighted by atomic mass is 10.1. The molecular formula is C21H20N2O6. The van der Waals surface area contributed by atoms with E-state index >= 15 is 0 Å². The Labute approximate surface area is 167 Å². The van der Waals surface area contributed by atoms with Gasteiger partial charge in [0.1, 0.15) is 17.2 Å². The third kappa shape index (κ3) is 5.13. The number of benzene rings is 2. The third-order valence-corrected chi connectivity index (χ3v) is 3.99. The van der Waals surface area contributed by atoms with Gasteiger partial charge in [0.25, 0.3) is 5.89 Å². The molecule has 8 nitrogen and oxygen atoms in total. The Hall–Kier alpha value is -3.81. The van der Waals surface area contributed by atoms with Crippen molar-refractivity contribution in [2.75, 3.05) is 21.3 Å². The third-order valence-electron chi connectivity index (χ3n) is 3.99. The summed E-state index contributed by atoms with van der Waals surface area (Å²) in [5, 5.41) is 3.89. The van der Waals surface area contributed by atoms with Crippen molar-refractivity contribution >= 4 is 12.0 Å². The van der Waals surface area contributed by atoms with Crippen LogP contribution in [0.1, 0.15) is 11.5 Å². The molecule has 8 heteroatoms. The van der Waals surface area contributed by atoms with Crippen molar-refractivity contribution in [3.63, 3.8) is 0 Å². The molecule has 0 amide bonds. The lowest BCUT2D eigenvalue weighted by molar-refractivity contribution is -0.139. The highest BCUT2D eigenvalue weighted by molar-refractivity contribution is 5.87. The van der Waals surface area contributed by atoms with E-state index in [0.29, 0.717) is 22.9 Å². The monoisotopic (exact) mass is 396 g/mol. The van der Waals surface area contributed by atoms with E-state index in [4.69, 9.17) is 23.5 Å². The average Bonchev–Trinajstić information content (AvgIpc) is 3.25. The van der Waals surface area contributed by atoms with E-state index in [2.05, 4.69) is 10.1 Å². The van der Waals surface area contributed by atoms with Crippen molar-refractivity contribution in [2.24, 2.45) is 0 Å². The van der Waals surface area contributed by atoms with E-state index in [9.17, 15) is 4.79 Å². The summed E-state index contributed by atoms with van der Waals surface area (Å²) in [6.45, 7) is -0.137. The SMILES string of the molecule is COc1ccc(-c2noc(COC(=O)/C=C/c3cc(OC)ccc3OC)n2)cc1. The first-order valence-electron chi connectivity index (χ1n) is 8.67. The Bertz CT molecular complexity index is 995. The molecule has 2 aromatic carbocycles. The molecule has 0 atom stereocenters. The Morgan fingerprint density at radius 1 is 1.00 bits per heavy atom. The lowest BCUT2D eigenvalue weighted by Gasteiger charge is -2.07. The predicted octanol–water partition coefficient (Wildman–Crippen LogP) is 3.52. The second-order valence-corrected chi connectivity index (χ2v) is 5.79. The molecule has 1 heterocycles. The van der Waals surface area contributed by atoms with Gasteiger partial charge in [0.15, 0.2) is 6.61 Å². The number of rotatable bonds is 8. The fraction of sp³-hybridized carbons (Fsp3) is 0.190. The summed E-state index contributed by atoms with van der Waals surface area (Å²) in [7, 11) is 4.70. The van der Waals surface area contributed by atoms with Crippen LogP contribution >= 0.6 is 0 Å². The van der Waals surface area contributed by atoms with E-state index in [1.165, 1.54) is 6.08 Å². The Balaban J connectivity index is 1.60. The number of hydrogen-bond acceptors (Lipinski definition) is 8. The lowest BCUT2D eigenvalue weighted by Crippen LogP contribution is -2.01. The fourth-order valence-electron chi connectivity index (χ4n) is 2.48. The van der Waals surface area contributed by atoms with Crippen LogP contribution in [0.2, 0.25) is 0 Å². The maximum absolute atomic E-state index is 12.0. The van der Waals surface area contributed by atoms with Gasteiger partial charge in [-0.3, -0.25) is 0 Å². The molecule has 1 aromatic heterocycles. The van der Waals surface area contributed by atoms with Crippen LogP contribution in [-0.2, 0) is 16.1 Å². The molecule has 0 saturated heterocycles. The van der Waals surface area contributed by atoms with Crippen LogP contribution in [0, 0.1) is 0 Å². The van der Waals surface area contributed by atoms with Gasteiger partial charge < -0.3 is 23.5 Å². The second-order valence-electron chi connectivity index (χ2n) is 5.79. The molecule has 150 valence electrons. The molecule has 0 bridgehead atoms. The summed E-state index contributed by atoms with van der Waals surface area (Å²) in [6, 6.07) is 12.5. The minimum absolute atomic E-state index is 0.137. The second kappa shape index (κ2) is 9.41. The molecule has 0 aliphatic heterocycles. The zero-order valence-electron chi connectivity index (χ0n) is 16.2. The maximum Gasteiger partial charge on any atom is 0.331 e. The van der Waals surface area contributed by atoms with Crippen LogP contribution in [0.25, 0.3) is 17.5 Å². The van der Waals surface area contributed by atoms with Gasteiger partial charge in [-0.15, -0.1) is 0 Å². The standard InChI is InChI=1S/C21H20N2O6/c1-25-16-7-4-14(5-8-16)21-22-19(29-23-21)13-28-20(24)11-6-15-12-17(26-2)9-10-18(15)27-3/h4-12H,13H2,1-3H3/b11-6+. The van der Waals surface area contributed by atoms with Gasteiger partial charge in [-0.05, 0) is 48.5 Å². The number of methoxy groups -OCH3 is 3. The van der Waals surface area contributed by atoms with Crippen molar-refractivity contribution in [1.29, 1.82) is 0 Å². The van der Waals surface area contributed by atoms with Crippen LogP contribution in [0.3, 0.4) is 0 Å². The van der Waals surface area contributed by atoms with Crippen LogP contribution < -0.4 is 14.2 Å². The number of nitrogens with zero attached hydrogens (tertiary/aromatic N) is 2. The van der Waals surface area contributed by atoms with Crippen molar-refractivity contribution in [3.8, 4) is 28.6 Å². The van der Waals surface area contributed by atoms with Gasteiger partial charge >= 0.3 is 5.97 Å². The Kier molecular flexibility index (Phi) is 6.47. The summed E-state index contributed by atoms with van der Waals surface area (Å²) in [6.07, 6.45) is 2.87. The van der Waals surface area contributed by atoms with Gasteiger partial charge in [-0.2, -0.15) is 4.98 Å².